The van der Waals surface area contributed by atoms with Crippen molar-refractivity contribution in [2.45, 2.75) is 20.4 Å². The summed E-state index contributed by atoms with van der Waals surface area (Å²) in [6.07, 6.45) is 1.55. The van der Waals surface area contributed by atoms with Crippen molar-refractivity contribution in [2.75, 3.05) is 0 Å². The van der Waals surface area contributed by atoms with Crippen LogP contribution in [0.25, 0.3) is 5.69 Å². The summed E-state index contributed by atoms with van der Waals surface area (Å²) in [6.45, 7) is 3.74. The fraction of sp³-hybridized carbons (Fsp3) is 0.200. The van der Waals surface area contributed by atoms with E-state index in [1.54, 1.807) is 17.8 Å². The maximum absolute atomic E-state index is 12.2. The van der Waals surface area contributed by atoms with E-state index in [0.717, 1.165) is 11.4 Å². The molecule has 0 radical (unpaired) electrons. The molecule has 2 aromatic heterocycles. The van der Waals surface area contributed by atoms with Crippen LogP contribution >= 0.6 is 0 Å². The summed E-state index contributed by atoms with van der Waals surface area (Å²) in [7, 11) is 0. The lowest BCUT2D eigenvalue weighted by Crippen LogP contribution is -2.23. The minimum atomic E-state index is -0.226. The topological polar surface area (TPSA) is 85.8 Å². The number of nitrogens with zero attached hydrogens (tertiary/aromatic N) is 4. The van der Waals surface area contributed by atoms with Crippen LogP contribution < -0.4 is 5.32 Å². The smallest absolute Gasteiger partial charge is 0.255 e. The van der Waals surface area contributed by atoms with Crippen molar-refractivity contribution in [3.05, 3.63) is 59.6 Å². The zero-order chi connectivity index (χ0) is 15.5. The Balaban J connectivity index is 1.75. The van der Waals surface area contributed by atoms with Crippen molar-refractivity contribution in [1.82, 2.24) is 25.3 Å². The van der Waals surface area contributed by atoms with Crippen molar-refractivity contribution < 1.29 is 9.21 Å². The molecule has 0 unspecified atom stereocenters. The molecule has 1 N–H and O–H groups in total. The van der Waals surface area contributed by atoms with Crippen LogP contribution in [0.1, 0.15) is 27.8 Å². The molecule has 7 heteroatoms. The first-order valence-electron chi connectivity index (χ1n) is 6.82. The number of rotatable bonds is 4. The van der Waals surface area contributed by atoms with Crippen LogP contribution in [0.4, 0.5) is 0 Å². The number of aromatic nitrogens is 4. The number of carbonyl (C=O) groups excluding carboxylic acids is 1. The van der Waals surface area contributed by atoms with Gasteiger partial charge in [-0.2, -0.15) is 5.10 Å². The summed E-state index contributed by atoms with van der Waals surface area (Å²) in [5.41, 5.74) is 2.19. The molecule has 0 aliphatic carbocycles. The molecular weight excluding hydrogens is 282 g/mol. The molecule has 0 saturated carbocycles. The summed E-state index contributed by atoms with van der Waals surface area (Å²) in [5.74, 6) is 0.617. The van der Waals surface area contributed by atoms with Crippen molar-refractivity contribution in [3.8, 4) is 5.69 Å². The van der Waals surface area contributed by atoms with E-state index in [0.29, 0.717) is 17.3 Å². The van der Waals surface area contributed by atoms with Crippen molar-refractivity contribution in [3.63, 3.8) is 0 Å². The lowest BCUT2D eigenvalue weighted by atomic mass is 10.2. The minimum absolute atomic E-state index is 0.190. The average Bonchev–Trinajstić information content (AvgIpc) is 3.12. The third kappa shape index (κ3) is 2.73. The summed E-state index contributed by atoms with van der Waals surface area (Å²) in [6, 6.07) is 9.65. The van der Waals surface area contributed by atoms with Gasteiger partial charge in [0.1, 0.15) is 0 Å². The first-order chi connectivity index (χ1) is 10.6. The fourth-order valence-electron chi connectivity index (χ4n) is 2.12. The predicted molar refractivity (Wildman–Crippen MR) is 78.5 cm³/mol. The van der Waals surface area contributed by atoms with Crippen molar-refractivity contribution >= 4 is 5.91 Å². The molecule has 3 aromatic rings. The van der Waals surface area contributed by atoms with E-state index < -0.39 is 0 Å². The number of hydrogen-bond acceptors (Lipinski definition) is 5. The van der Waals surface area contributed by atoms with E-state index >= 15 is 0 Å². The van der Waals surface area contributed by atoms with Gasteiger partial charge in [0, 0.05) is 6.92 Å². The Morgan fingerprint density at radius 1 is 1.23 bits per heavy atom. The Bertz CT molecular complexity index is 791. The van der Waals surface area contributed by atoms with Gasteiger partial charge < -0.3 is 9.73 Å². The highest BCUT2D eigenvalue weighted by molar-refractivity contribution is 5.95. The molecule has 0 aliphatic rings. The molecule has 2 heterocycles. The highest BCUT2D eigenvalue weighted by Crippen LogP contribution is 2.13. The van der Waals surface area contributed by atoms with Gasteiger partial charge in [-0.15, -0.1) is 10.2 Å². The highest BCUT2D eigenvalue weighted by atomic mass is 16.4. The monoisotopic (exact) mass is 297 g/mol. The van der Waals surface area contributed by atoms with Gasteiger partial charge >= 0.3 is 0 Å². The lowest BCUT2D eigenvalue weighted by molar-refractivity contribution is 0.0946. The number of para-hydroxylation sites is 1. The lowest BCUT2D eigenvalue weighted by Gasteiger charge is -2.05. The minimum Gasteiger partial charge on any atom is -0.424 e. The standard InChI is InChI=1S/C15H15N5O2/c1-10-13(8-17-20(10)12-6-4-3-5-7-12)15(21)16-9-14-19-18-11(2)22-14/h3-8H,9H2,1-2H3,(H,16,21). The second-order valence-electron chi connectivity index (χ2n) is 4.79. The van der Waals surface area contributed by atoms with E-state index in [-0.39, 0.29) is 12.5 Å². The van der Waals surface area contributed by atoms with Gasteiger partial charge in [-0.1, -0.05) is 18.2 Å². The Labute approximate surface area is 127 Å². The quantitative estimate of drug-likeness (QED) is 0.793. The molecule has 0 aliphatic heterocycles. The number of nitrogens with one attached hydrogen (secondary N) is 1. The van der Waals surface area contributed by atoms with Gasteiger partial charge in [0.2, 0.25) is 11.8 Å². The van der Waals surface area contributed by atoms with Gasteiger partial charge in [0.15, 0.2) is 0 Å². The molecular formula is C15H15N5O2. The maximum Gasteiger partial charge on any atom is 0.255 e. The molecule has 7 nitrogen and oxygen atoms in total. The van der Waals surface area contributed by atoms with Crippen molar-refractivity contribution in [2.24, 2.45) is 0 Å². The van der Waals surface area contributed by atoms with E-state index in [4.69, 9.17) is 4.42 Å². The van der Waals surface area contributed by atoms with Gasteiger partial charge in [-0.05, 0) is 19.1 Å². The number of carbonyl (C=O) groups is 1. The van der Waals surface area contributed by atoms with Gasteiger partial charge in [-0.25, -0.2) is 4.68 Å². The molecule has 0 fully saturated rings. The summed E-state index contributed by atoms with van der Waals surface area (Å²) in [4.78, 5) is 12.2. The Kier molecular flexibility index (Phi) is 3.69. The SMILES string of the molecule is Cc1nnc(CNC(=O)c2cnn(-c3ccccc3)c2C)o1. The predicted octanol–water partition coefficient (Wildman–Crippen LogP) is 1.80. The molecule has 1 aromatic carbocycles. The van der Waals surface area contributed by atoms with Crippen LogP contribution in [0, 0.1) is 13.8 Å². The van der Waals surface area contributed by atoms with Crippen molar-refractivity contribution in [1.29, 1.82) is 0 Å². The Hall–Kier alpha value is -2.96. The second kappa shape index (κ2) is 5.80. The maximum atomic E-state index is 12.2. The molecule has 0 atom stereocenters. The average molecular weight is 297 g/mol. The van der Waals surface area contributed by atoms with Crippen LogP contribution in [-0.4, -0.2) is 25.9 Å². The molecule has 112 valence electrons. The van der Waals surface area contributed by atoms with E-state index in [1.165, 1.54) is 0 Å². The second-order valence-corrected chi connectivity index (χ2v) is 4.79. The summed E-state index contributed by atoms with van der Waals surface area (Å²) < 4.78 is 6.94. The van der Waals surface area contributed by atoms with Gasteiger partial charge in [-0.3, -0.25) is 4.79 Å². The normalized spacial score (nSPS) is 10.6. The Morgan fingerprint density at radius 2 is 2.00 bits per heavy atom. The number of aryl methyl sites for hydroxylation is 1. The summed E-state index contributed by atoms with van der Waals surface area (Å²) >= 11 is 0. The summed E-state index contributed by atoms with van der Waals surface area (Å²) in [5, 5.41) is 14.6. The van der Waals surface area contributed by atoms with Crippen LogP contribution in [0.2, 0.25) is 0 Å². The van der Waals surface area contributed by atoms with Crippen LogP contribution in [-0.2, 0) is 6.54 Å². The Morgan fingerprint density at radius 3 is 2.68 bits per heavy atom. The molecule has 22 heavy (non-hydrogen) atoms. The molecule has 0 saturated heterocycles. The van der Waals surface area contributed by atoms with E-state index in [2.05, 4.69) is 20.6 Å². The zero-order valence-corrected chi connectivity index (χ0v) is 12.3. The highest BCUT2D eigenvalue weighted by Gasteiger charge is 2.15. The van der Waals surface area contributed by atoms with Gasteiger partial charge in [0.05, 0.1) is 29.7 Å². The fourth-order valence-corrected chi connectivity index (χ4v) is 2.12. The first-order valence-corrected chi connectivity index (χ1v) is 6.82. The first kappa shape index (κ1) is 14.0. The van der Waals surface area contributed by atoms with Gasteiger partial charge in [0.25, 0.3) is 5.91 Å². The molecule has 0 bridgehead atoms. The number of hydrogen-bond donors (Lipinski definition) is 1. The third-order valence-electron chi connectivity index (χ3n) is 3.22. The van der Waals surface area contributed by atoms with Crippen LogP contribution in [0.5, 0.6) is 0 Å². The molecule has 1 amide bonds. The van der Waals surface area contributed by atoms with Crippen LogP contribution in [0.15, 0.2) is 40.9 Å². The number of amides is 1. The van der Waals surface area contributed by atoms with E-state index in [1.807, 2.05) is 37.3 Å². The largest absolute Gasteiger partial charge is 0.424 e. The van der Waals surface area contributed by atoms with Crippen LogP contribution in [0.3, 0.4) is 0 Å². The van der Waals surface area contributed by atoms with E-state index in [9.17, 15) is 4.79 Å². The zero-order valence-electron chi connectivity index (χ0n) is 12.3. The number of benzene rings is 1. The molecule has 3 rings (SSSR count). The molecule has 0 spiro atoms. The third-order valence-corrected chi connectivity index (χ3v) is 3.22.